The van der Waals surface area contributed by atoms with Crippen molar-refractivity contribution in [1.82, 2.24) is 4.72 Å². The Balaban J connectivity index is 1.78. The molecule has 2 aromatic carbocycles. The van der Waals surface area contributed by atoms with Crippen LogP contribution in [0.5, 0.6) is 0 Å². The smallest absolute Gasteiger partial charge is 0.216 e. The molecule has 1 aromatic heterocycles. The Kier molecular flexibility index (Phi) is 4.43. The average molecular weight is 347 g/mol. The second-order valence-corrected chi connectivity index (χ2v) is 7.63. The molecule has 1 atom stereocenters. The first-order chi connectivity index (χ1) is 11.3. The van der Waals surface area contributed by atoms with Crippen molar-refractivity contribution in [3.8, 4) is 0 Å². The summed E-state index contributed by atoms with van der Waals surface area (Å²) in [5, 5.41) is 0.906. The van der Waals surface area contributed by atoms with Crippen molar-refractivity contribution in [2.75, 3.05) is 0 Å². The third kappa shape index (κ3) is 3.66. The van der Waals surface area contributed by atoms with Crippen LogP contribution in [0.2, 0.25) is 0 Å². The Morgan fingerprint density at radius 3 is 2.62 bits per heavy atom. The Hall–Kier alpha value is -2.18. The molecule has 126 valence electrons. The Bertz CT molecular complexity index is 946. The summed E-state index contributed by atoms with van der Waals surface area (Å²) in [5.74, 6) is -0.412. The summed E-state index contributed by atoms with van der Waals surface area (Å²) in [7, 11) is -3.70. The van der Waals surface area contributed by atoms with Gasteiger partial charge in [-0.15, -0.1) is 0 Å². The van der Waals surface area contributed by atoms with Crippen molar-refractivity contribution < 1.29 is 17.2 Å². The number of sulfonamides is 1. The maximum Gasteiger partial charge on any atom is 0.216 e. The summed E-state index contributed by atoms with van der Waals surface area (Å²) < 4.78 is 46.7. The number of hydrogen-bond acceptors (Lipinski definition) is 3. The first-order valence-corrected chi connectivity index (χ1v) is 9.23. The monoisotopic (exact) mass is 347 g/mol. The van der Waals surface area contributed by atoms with Gasteiger partial charge in [0.05, 0.1) is 11.8 Å². The number of aryl methyl sites for hydroxylation is 1. The lowest BCUT2D eigenvalue weighted by molar-refractivity contribution is 0.484. The zero-order chi connectivity index (χ0) is 17.3. The zero-order valence-electron chi connectivity index (χ0n) is 13.4. The summed E-state index contributed by atoms with van der Waals surface area (Å²) in [6.45, 7) is 3.45. The first kappa shape index (κ1) is 16.7. The van der Waals surface area contributed by atoms with E-state index in [1.54, 1.807) is 26.0 Å². The van der Waals surface area contributed by atoms with Gasteiger partial charge >= 0.3 is 0 Å². The van der Waals surface area contributed by atoms with Gasteiger partial charge in [-0.25, -0.2) is 17.5 Å². The quantitative estimate of drug-likeness (QED) is 0.757. The molecule has 0 aliphatic heterocycles. The minimum atomic E-state index is -3.70. The van der Waals surface area contributed by atoms with Gasteiger partial charge in [-0.05, 0) is 37.6 Å². The minimum Gasteiger partial charge on any atom is -0.459 e. The van der Waals surface area contributed by atoms with Gasteiger partial charge in [0.2, 0.25) is 10.0 Å². The predicted molar refractivity (Wildman–Crippen MR) is 91.5 cm³/mol. The average Bonchev–Trinajstić information content (AvgIpc) is 2.94. The standard InChI is InChI=1S/C18H18FNO3S/c1-12-7-8-15(16(19)9-12)11-24(21,22)20-13(2)18-10-14-5-3-4-6-17(14)23-18/h3-10,13,20H,11H2,1-2H3/t13-/m0/s1. The third-order valence-corrected chi connectivity index (χ3v) is 5.19. The summed E-state index contributed by atoms with van der Waals surface area (Å²) in [4.78, 5) is 0. The van der Waals surface area contributed by atoms with Crippen LogP contribution in [0.4, 0.5) is 4.39 Å². The largest absolute Gasteiger partial charge is 0.459 e. The van der Waals surface area contributed by atoms with Gasteiger partial charge in [0.1, 0.15) is 17.2 Å². The number of benzene rings is 2. The van der Waals surface area contributed by atoms with Crippen molar-refractivity contribution in [2.45, 2.75) is 25.6 Å². The number of nitrogens with one attached hydrogen (secondary N) is 1. The summed E-state index contributed by atoms with van der Waals surface area (Å²) in [6.07, 6.45) is 0. The van der Waals surface area contributed by atoms with Crippen molar-refractivity contribution in [2.24, 2.45) is 0 Å². The second kappa shape index (κ2) is 6.37. The summed E-state index contributed by atoms with van der Waals surface area (Å²) in [6, 6.07) is 13.2. The highest BCUT2D eigenvalue weighted by molar-refractivity contribution is 7.88. The minimum absolute atomic E-state index is 0.143. The fourth-order valence-electron chi connectivity index (χ4n) is 2.56. The SMILES string of the molecule is Cc1ccc(CS(=O)(=O)N[C@@H](C)c2cc3ccccc3o2)c(F)c1. The van der Waals surface area contributed by atoms with Crippen molar-refractivity contribution in [1.29, 1.82) is 0 Å². The fraction of sp³-hybridized carbons (Fsp3) is 0.222. The van der Waals surface area contributed by atoms with Gasteiger partial charge < -0.3 is 4.42 Å². The van der Waals surface area contributed by atoms with E-state index >= 15 is 0 Å². The molecule has 0 aliphatic carbocycles. The molecule has 0 bridgehead atoms. The molecule has 0 amide bonds. The number of furan rings is 1. The number of halogens is 1. The molecule has 6 heteroatoms. The second-order valence-electron chi connectivity index (χ2n) is 5.88. The molecule has 24 heavy (non-hydrogen) atoms. The van der Waals surface area contributed by atoms with Crippen molar-refractivity contribution >= 4 is 21.0 Å². The van der Waals surface area contributed by atoms with Crippen LogP contribution in [0, 0.1) is 12.7 Å². The van der Waals surface area contributed by atoms with Gasteiger partial charge in [0.25, 0.3) is 0 Å². The molecule has 0 aliphatic rings. The lowest BCUT2D eigenvalue weighted by Gasteiger charge is -2.12. The molecule has 3 aromatic rings. The molecule has 4 nitrogen and oxygen atoms in total. The van der Waals surface area contributed by atoms with Crippen LogP contribution in [0.3, 0.4) is 0 Å². The maximum atomic E-state index is 13.9. The van der Waals surface area contributed by atoms with Crippen molar-refractivity contribution in [3.63, 3.8) is 0 Å². The maximum absolute atomic E-state index is 13.9. The molecule has 1 N–H and O–H groups in total. The normalized spacial score (nSPS) is 13.3. The van der Waals surface area contributed by atoms with Gasteiger partial charge in [0, 0.05) is 10.9 Å². The highest BCUT2D eigenvalue weighted by Crippen LogP contribution is 2.24. The highest BCUT2D eigenvalue weighted by Gasteiger charge is 2.20. The predicted octanol–water partition coefficient (Wildman–Crippen LogP) is 4.06. The molecule has 0 spiro atoms. The van der Waals surface area contributed by atoms with E-state index in [1.807, 2.05) is 24.3 Å². The van der Waals surface area contributed by atoms with Crippen molar-refractivity contribution in [3.05, 3.63) is 71.2 Å². The van der Waals surface area contributed by atoms with Gasteiger partial charge in [0.15, 0.2) is 0 Å². The van der Waals surface area contributed by atoms with E-state index in [4.69, 9.17) is 4.42 Å². The van der Waals surface area contributed by atoms with Crippen LogP contribution in [0.25, 0.3) is 11.0 Å². The van der Waals surface area contributed by atoms with Crippen LogP contribution in [0.1, 0.15) is 29.9 Å². The summed E-state index contributed by atoms with van der Waals surface area (Å²) >= 11 is 0. The van der Waals surface area contributed by atoms with E-state index in [0.717, 1.165) is 10.9 Å². The topological polar surface area (TPSA) is 59.3 Å². The van der Waals surface area contributed by atoms with E-state index in [0.29, 0.717) is 11.3 Å². The molecule has 1 heterocycles. The van der Waals surface area contributed by atoms with Gasteiger partial charge in [-0.1, -0.05) is 30.3 Å². The fourth-order valence-corrected chi connectivity index (χ4v) is 3.94. The van der Waals surface area contributed by atoms with Crippen LogP contribution >= 0.6 is 0 Å². The Morgan fingerprint density at radius 1 is 1.17 bits per heavy atom. The van der Waals surface area contributed by atoms with Crippen LogP contribution in [-0.4, -0.2) is 8.42 Å². The lowest BCUT2D eigenvalue weighted by atomic mass is 10.2. The van der Waals surface area contributed by atoms with E-state index in [1.165, 1.54) is 12.1 Å². The molecular weight excluding hydrogens is 329 g/mol. The number of para-hydroxylation sites is 1. The van der Waals surface area contributed by atoms with E-state index in [2.05, 4.69) is 4.72 Å². The Morgan fingerprint density at radius 2 is 1.92 bits per heavy atom. The lowest BCUT2D eigenvalue weighted by Crippen LogP contribution is -2.28. The highest BCUT2D eigenvalue weighted by atomic mass is 32.2. The zero-order valence-corrected chi connectivity index (χ0v) is 14.2. The third-order valence-electron chi connectivity index (χ3n) is 3.78. The molecule has 0 saturated carbocycles. The number of rotatable bonds is 5. The first-order valence-electron chi connectivity index (χ1n) is 7.57. The molecule has 0 unspecified atom stereocenters. The molecule has 0 fully saturated rings. The summed E-state index contributed by atoms with van der Waals surface area (Å²) in [5.41, 5.74) is 1.59. The van der Waals surface area contributed by atoms with E-state index in [9.17, 15) is 12.8 Å². The van der Waals surface area contributed by atoms with Crippen LogP contribution < -0.4 is 4.72 Å². The van der Waals surface area contributed by atoms with Crippen LogP contribution in [0.15, 0.2) is 52.9 Å². The van der Waals surface area contributed by atoms with E-state index < -0.39 is 27.6 Å². The van der Waals surface area contributed by atoms with E-state index in [-0.39, 0.29) is 5.56 Å². The molecular formula is C18H18FNO3S. The molecule has 3 rings (SSSR count). The van der Waals surface area contributed by atoms with Gasteiger partial charge in [-0.2, -0.15) is 0 Å². The Labute approximate surface area is 140 Å². The number of fused-ring (bicyclic) bond motifs is 1. The molecule has 0 saturated heterocycles. The van der Waals surface area contributed by atoms with Crippen LogP contribution in [-0.2, 0) is 15.8 Å². The number of hydrogen-bond donors (Lipinski definition) is 1. The molecule has 0 radical (unpaired) electrons. The van der Waals surface area contributed by atoms with Gasteiger partial charge in [-0.3, -0.25) is 0 Å².